The first kappa shape index (κ1) is 24.3. The maximum absolute atomic E-state index is 13.8. The fourth-order valence-electron chi connectivity index (χ4n) is 1.96. The lowest BCUT2D eigenvalue weighted by molar-refractivity contribution is -0.447. The number of hydrogen-bond acceptors (Lipinski definition) is 2. The van der Waals surface area contributed by atoms with E-state index >= 15 is 0 Å². The van der Waals surface area contributed by atoms with Crippen LogP contribution < -0.4 is 0 Å². The molecule has 0 aromatic heterocycles. The average molecular weight is 459 g/mol. The summed E-state index contributed by atoms with van der Waals surface area (Å²) in [5.74, 6) is -45.3. The quantitative estimate of drug-likeness (QED) is 0.494. The van der Waals surface area contributed by atoms with E-state index in [9.17, 15) is 75.0 Å². The van der Waals surface area contributed by atoms with Crippen molar-refractivity contribution < 1.29 is 80.1 Å². The summed E-state index contributed by atoms with van der Waals surface area (Å²) in [7, 11) is 0. The van der Waals surface area contributed by atoms with Crippen LogP contribution in [0.15, 0.2) is 0 Å². The van der Waals surface area contributed by atoms with Gasteiger partial charge in [0.15, 0.2) is 0 Å². The van der Waals surface area contributed by atoms with Gasteiger partial charge in [-0.1, -0.05) is 0 Å². The van der Waals surface area contributed by atoms with Gasteiger partial charge in [0.2, 0.25) is 0 Å². The van der Waals surface area contributed by atoms with Crippen molar-refractivity contribution in [2.45, 2.75) is 47.8 Å². The van der Waals surface area contributed by atoms with Crippen molar-refractivity contribution in [3.8, 4) is 0 Å². The number of carboxylic acid groups (broad SMARTS) is 1. The van der Waals surface area contributed by atoms with Crippen molar-refractivity contribution in [1.82, 2.24) is 4.90 Å². The largest absolute Gasteiger partial charge is 0.478 e. The van der Waals surface area contributed by atoms with Gasteiger partial charge >= 0.3 is 53.7 Å². The van der Waals surface area contributed by atoms with Gasteiger partial charge in [-0.05, 0) is 0 Å². The molecule has 1 N–H and O–H groups in total. The summed E-state index contributed by atoms with van der Waals surface area (Å²) in [6.45, 7) is 0. The van der Waals surface area contributed by atoms with Gasteiger partial charge in [-0.2, -0.15) is 65.9 Å². The van der Waals surface area contributed by atoms with Crippen LogP contribution in [-0.4, -0.2) is 63.7 Å². The average Bonchev–Trinajstić information content (AvgIpc) is 2.43. The Morgan fingerprint density at radius 2 is 0.857 bits per heavy atom. The molecule has 0 aliphatic carbocycles. The van der Waals surface area contributed by atoms with Crippen molar-refractivity contribution >= 4 is 5.97 Å². The zero-order valence-electron chi connectivity index (χ0n) is 11.9. The molecule has 1 atom stereocenters. The molecular formula is C9HF16NO2. The van der Waals surface area contributed by atoms with Crippen LogP contribution in [0.25, 0.3) is 0 Å². The van der Waals surface area contributed by atoms with Crippen LogP contribution in [-0.2, 0) is 4.79 Å². The zero-order valence-corrected chi connectivity index (χ0v) is 11.9. The number of rotatable bonds is 2. The van der Waals surface area contributed by atoms with E-state index in [2.05, 4.69) is 0 Å². The lowest BCUT2D eigenvalue weighted by Crippen LogP contribution is -2.76. The van der Waals surface area contributed by atoms with E-state index in [0.29, 0.717) is 0 Å². The van der Waals surface area contributed by atoms with Crippen molar-refractivity contribution in [3.63, 3.8) is 0 Å². The molecule has 1 rings (SSSR count). The normalized spacial score (nSPS) is 30.1. The Morgan fingerprint density at radius 3 is 1.04 bits per heavy atom. The van der Waals surface area contributed by atoms with E-state index in [4.69, 9.17) is 5.11 Å². The molecule has 19 heteroatoms. The molecule has 1 fully saturated rings. The highest BCUT2D eigenvalue weighted by atomic mass is 19.4. The molecule has 0 aromatic carbocycles. The van der Waals surface area contributed by atoms with Crippen molar-refractivity contribution in [2.24, 2.45) is 0 Å². The molecule has 1 saturated heterocycles. The van der Waals surface area contributed by atoms with Crippen molar-refractivity contribution in [3.05, 3.63) is 0 Å². The Labute approximate surface area is 140 Å². The summed E-state index contributed by atoms with van der Waals surface area (Å²) in [5, 5.41) is 8.01. The molecule has 0 spiro atoms. The minimum atomic E-state index is -8.27. The predicted octanol–water partition coefficient (Wildman–Crippen LogP) is 4.34. The Balaban J connectivity index is 4.26. The number of hydrogen-bond donors (Lipinski definition) is 1. The highest BCUT2D eigenvalue weighted by Crippen LogP contribution is 2.67. The number of alkyl halides is 16. The van der Waals surface area contributed by atoms with Crippen LogP contribution in [0.1, 0.15) is 0 Å². The third-order valence-electron chi connectivity index (χ3n) is 3.47. The van der Waals surface area contributed by atoms with E-state index < -0.39 is 58.6 Å². The number of nitrogens with zero attached hydrogens (tertiary/aromatic N) is 1. The Hall–Kier alpha value is -1.69. The van der Waals surface area contributed by atoms with E-state index in [1.54, 1.807) is 0 Å². The molecule has 28 heavy (non-hydrogen) atoms. The smallest absolute Gasteiger partial charge is 0.448 e. The standard InChI is InChI=1S/C9HF16NO2/c10-2(1(27)28,7(19,20)21)26-8(22,23)5(15,16)3(11,12)4(13,14)6(17,18)9(26,24)25/h(H,27,28). The lowest BCUT2D eigenvalue weighted by atomic mass is 9.99. The zero-order chi connectivity index (χ0) is 23.2. The number of likely N-dealkylation sites (tertiary alicyclic amines) is 1. The Kier molecular flexibility index (Phi) is 4.75. The second-order valence-electron chi connectivity index (χ2n) is 5.14. The van der Waals surface area contributed by atoms with Gasteiger partial charge in [0.25, 0.3) is 0 Å². The highest BCUT2D eigenvalue weighted by Gasteiger charge is 3.00. The number of aliphatic carboxylic acids is 1. The van der Waals surface area contributed by atoms with Crippen LogP contribution in [0.4, 0.5) is 70.2 Å². The highest BCUT2D eigenvalue weighted by molar-refractivity contribution is 5.78. The van der Waals surface area contributed by atoms with Crippen LogP contribution >= 0.6 is 0 Å². The third kappa shape index (κ3) is 2.27. The van der Waals surface area contributed by atoms with Crippen LogP contribution in [0, 0.1) is 0 Å². The first-order valence-electron chi connectivity index (χ1n) is 5.87. The molecule has 1 unspecified atom stereocenters. The summed E-state index contributed by atoms with van der Waals surface area (Å²) in [5.41, 5.74) is 0. The van der Waals surface area contributed by atoms with E-state index in [1.165, 1.54) is 0 Å². The van der Waals surface area contributed by atoms with Gasteiger partial charge in [0.05, 0.1) is 0 Å². The number of halogens is 16. The summed E-state index contributed by atoms with van der Waals surface area (Å²) >= 11 is 0. The molecular weight excluding hydrogens is 458 g/mol. The van der Waals surface area contributed by atoms with Crippen LogP contribution in [0.3, 0.4) is 0 Å². The first-order valence-corrected chi connectivity index (χ1v) is 5.87. The van der Waals surface area contributed by atoms with E-state index in [0.717, 1.165) is 0 Å². The first-order chi connectivity index (χ1) is 11.8. The molecule has 1 heterocycles. The van der Waals surface area contributed by atoms with Crippen molar-refractivity contribution in [2.75, 3.05) is 0 Å². The topological polar surface area (TPSA) is 40.5 Å². The molecule has 3 nitrogen and oxygen atoms in total. The lowest BCUT2D eigenvalue weighted by Gasteiger charge is -2.44. The van der Waals surface area contributed by atoms with Crippen LogP contribution in [0.2, 0.25) is 0 Å². The van der Waals surface area contributed by atoms with E-state index in [1.807, 2.05) is 0 Å². The van der Waals surface area contributed by atoms with Crippen molar-refractivity contribution in [1.29, 1.82) is 0 Å². The van der Waals surface area contributed by atoms with Gasteiger partial charge in [-0.3, -0.25) is 0 Å². The maximum Gasteiger partial charge on any atom is 0.448 e. The van der Waals surface area contributed by atoms with Gasteiger partial charge in [-0.25, -0.2) is 9.18 Å². The monoisotopic (exact) mass is 459 g/mol. The predicted molar refractivity (Wildman–Crippen MR) is 49.1 cm³/mol. The molecule has 1 aliphatic heterocycles. The second kappa shape index (κ2) is 5.47. The maximum atomic E-state index is 13.8. The molecule has 0 saturated carbocycles. The van der Waals surface area contributed by atoms with Gasteiger partial charge in [0.1, 0.15) is 0 Å². The summed E-state index contributed by atoms with van der Waals surface area (Å²) in [4.78, 5) is 5.79. The molecule has 0 amide bonds. The number of carboxylic acids is 1. The van der Waals surface area contributed by atoms with Gasteiger partial charge in [-0.15, -0.1) is 4.90 Å². The van der Waals surface area contributed by atoms with Crippen LogP contribution in [0.5, 0.6) is 0 Å². The fraction of sp³-hybridized carbons (Fsp3) is 0.889. The molecule has 1 aliphatic rings. The molecule has 0 aromatic rings. The number of carbonyl (C=O) groups is 1. The second-order valence-corrected chi connectivity index (χ2v) is 5.14. The minimum absolute atomic E-state index is 4.54. The Morgan fingerprint density at radius 1 is 0.607 bits per heavy atom. The van der Waals surface area contributed by atoms with Gasteiger partial charge < -0.3 is 5.11 Å². The molecule has 0 radical (unpaired) electrons. The minimum Gasteiger partial charge on any atom is -0.478 e. The van der Waals surface area contributed by atoms with E-state index in [-0.39, 0.29) is 0 Å². The summed E-state index contributed by atoms with van der Waals surface area (Å²) in [6, 6.07) is -16.5. The fourth-order valence-corrected chi connectivity index (χ4v) is 1.96. The Bertz CT molecular complexity index is 630. The molecule has 0 bridgehead atoms. The summed E-state index contributed by atoms with van der Waals surface area (Å²) in [6.07, 6.45) is -7.73. The third-order valence-corrected chi connectivity index (χ3v) is 3.47. The van der Waals surface area contributed by atoms with Gasteiger partial charge in [0, 0.05) is 0 Å². The SMILES string of the molecule is O=C(O)C(F)(N1C(F)(F)C(F)(F)C(F)(F)C(F)(F)C(F)(F)C1(F)F)C(F)(F)F. The summed E-state index contributed by atoms with van der Waals surface area (Å²) < 4.78 is 210. The molecule has 166 valence electrons.